The summed E-state index contributed by atoms with van der Waals surface area (Å²) in [5.41, 5.74) is 1.93. The normalized spacial score (nSPS) is 12.9. The quantitative estimate of drug-likeness (QED) is 0.640. The lowest BCUT2D eigenvalue weighted by molar-refractivity contribution is 0.562. The van der Waals surface area contributed by atoms with Gasteiger partial charge in [-0.15, -0.1) is 22.9 Å². The standard InChI is InChI=1S/C14H13Cl2N3S/c1-2-11(14-17-5-6-20-14)19-12-4-3-9(16)7-10(12)18-13(19)8-15/h3-7,11H,2,8H2,1H3. The fourth-order valence-corrected chi connectivity index (χ4v) is 3.60. The van der Waals surface area contributed by atoms with E-state index in [2.05, 4.69) is 21.5 Å². The van der Waals surface area contributed by atoms with Crippen LogP contribution in [-0.4, -0.2) is 14.5 Å². The van der Waals surface area contributed by atoms with E-state index in [0.29, 0.717) is 10.9 Å². The van der Waals surface area contributed by atoms with Crippen LogP contribution in [0.3, 0.4) is 0 Å². The Labute approximate surface area is 131 Å². The van der Waals surface area contributed by atoms with Gasteiger partial charge in [-0.2, -0.15) is 0 Å². The van der Waals surface area contributed by atoms with Crippen molar-refractivity contribution in [2.24, 2.45) is 0 Å². The number of alkyl halides is 1. The molecule has 0 aliphatic heterocycles. The SMILES string of the molecule is CCC(c1nccs1)n1c(CCl)nc2cc(Cl)ccc21. The van der Waals surface area contributed by atoms with E-state index < -0.39 is 0 Å². The molecule has 3 rings (SSSR count). The molecule has 0 bridgehead atoms. The van der Waals surface area contributed by atoms with Crippen molar-refractivity contribution < 1.29 is 0 Å². The lowest BCUT2D eigenvalue weighted by atomic mass is 10.2. The van der Waals surface area contributed by atoms with Crippen LogP contribution in [0.2, 0.25) is 5.02 Å². The smallest absolute Gasteiger partial charge is 0.125 e. The Kier molecular flexibility index (Phi) is 3.96. The third-order valence-electron chi connectivity index (χ3n) is 3.28. The predicted molar refractivity (Wildman–Crippen MR) is 84.8 cm³/mol. The fourth-order valence-electron chi connectivity index (χ4n) is 2.43. The number of hydrogen-bond acceptors (Lipinski definition) is 3. The third-order valence-corrected chi connectivity index (χ3v) is 4.63. The summed E-state index contributed by atoms with van der Waals surface area (Å²) in [5, 5.41) is 3.76. The Morgan fingerprint density at radius 2 is 2.25 bits per heavy atom. The van der Waals surface area contributed by atoms with Crippen molar-refractivity contribution in [3.05, 3.63) is 45.6 Å². The van der Waals surface area contributed by atoms with Crippen molar-refractivity contribution in [3.63, 3.8) is 0 Å². The van der Waals surface area contributed by atoms with Gasteiger partial charge in [-0.3, -0.25) is 0 Å². The van der Waals surface area contributed by atoms with Crippen molar-refractivity contribution >= 4 is 45.6 Å². The minimum atomic E-state index is 0.162. The van der Waals surface area contributed by atoms with Crippen LogP contribution in [0.1, 0.15) is 30.2 Å². The van der Waals surface area contributed by atoms with Crippen LogP contribution < -0.4 is 0 Å². The zero-order valence-electron chi connectivity index (χ0n) is 10.9. The van der Waals surface area contributed by atoms with Gasteiger partial charge >= 0.3 is 0 Å². The van der Waals surface area contributed by atoms with Crippen molar-refractivity contribution in [1.82, 2.24) is 14.5 Å². The molecule has 20 heavy (non-hydrogen) atoms. The second-order valence-corrected chi connectivity index (χ2v) is 6.09. The molecule has 0 aliphatic rings. The van der Waals surface area contributed by atoms with Crippen LogP contribution in [0.5, 0.6) is 0 Å². The molecule has 1 aromatic carbocycles. The summed E-state index contributed by atoms with van der Waals surface area (Å²) >= 11 is 13.8. The van der Waals surface area contributed by atoms with E-state index in [9.17, 15) is 0 Å². The summed E-state index contributed by atoms with van der Waals surface area (Å²) in [6.45, 7) is 2.14. The third kappa shape index (κ3) is 2.32. The summed E-state index contributed by atoms with van der Waals surface area (Å²) in [6.07, 6.45) is 2.77. The van der Waals surface area contributed by atoms with E-state index in [1.54, 1.807) is 11.3 Å². The fraction of sp³-hybridized carbons (Fsp3) is 0.286. The van der Waals surface area contributed by atoms with Crippen molar-refractivity contribution in [2.75, 3.05) is 0 Å². The molecule has 0 saturated carbocycles. The van der Waals surface area contributed by atoms with Crippen molar-refractivity contribution in [2.45, 2.75) is 25.3 Å². The van der Waals surface area contributed by atoms with Gasteiger partial charge in [-0.1, -0.05) is 18.5 Å². The summed E-state index contributed by atoms with van der Waals surface area (Å²) in [4.78, 5) is 9.04. The topological polar surface area (TPSA) is 30.7 Å². The van der Waals surface area contributed by atoms with Crippen LogP contribution in [0.4, 0.5) is 0 Å². The summed E-state index contributed by atoms with van der Waals surface area (Å²) in [5.74, 6) is 1.22. The molecule has 0 fully saturated rings. The maximum absolute atomic E-state index is 6.07. The van der Waals surface area contributed by atoms with Gasteiger partial charge < -0.3 is 4.57 Å². The molecule has 0 saturated heterocycles. The van der Waals surface area contributed by atoms with Crippen LogP contribution in [0.15, 0.2) is 29.8 Å². The van der Waals surface area contributed by atoms with Gasteiger partial charge in [0.25, 0.3) is 0 Å². The van der Waals surface area contributed by atoms with Crippen molar-refractivity contribution in [1.29, 1.82) is 0 Å². The van der Waals surface area contributed by atoms with Gasteiger partial charge in [0.05, 0.1) is 23.0 Å². The van der Waals surface area contributed by atoms with E-state index in [-0.39, 0.29) is 6.04 Å². The van der Waals surface area contributed by atoms with Gasteiger partial charge in [0.15, 0.2) is 0 Å². The number of aromatic nitrogens is 3. The monoisotopic (exact) mass is 325 g/mol. The van der Waals surface area contributed by atoms with E-state index in [1.807, 2.05) is 29.8 Å². The minimum Gasteiger partial charge on any atom is -0.317 e. The summed E-state index contributed by atoms with van der Waals surface area (Å²) < 4.78 is 2.18. The maximum atomic E-state index is 6.07. The van der Waals surface area contributed by atoms with Gasteiger partial charge in [-0.25, -0.2) is 9.97 Å². The molecule has 6 heteroatoms. The number of benzene rings is 1. The molecule has 1 atom stereocenters. The Morgan fingerprint density at radius 3 is 2.90 bits per heavy atom. The van der Waals surface area contributed by atoms with Crippen LogP contribution in [0, 0.1) is 0 Å². The number of nitrogens with zero attached hydrogens (tertiary/aromatic N) is 3. The predicted octanol–water partition coefficient (Wildman–Crippen LogP) is 4.88. The summed E-state index contributed by atoms with van der Waals surface area (Å²) in [6, 6.07) is 5.92. The zero-order valence-corrected chi connectivity index (χ0v) is 13.2. The highest BCUT2D eigenvalue weighted by molar-refractivity contribution is 7.09. The first-order valence-electron chi connectivity index (χ1n) is 6.36. The molecule has 0 aliphatic carbocycles. The number of halogens is 2. The van der Waals surface area contributed by atoms with Gasteiger partial charge in [0.1, 0.15) is 10.8 Å². The molecule has 0 radical (unpaired) electrons. The highest BCUT2D eigenvalue weighted by Crippen LogP contribution is 2.31. The second-order valence-electron chi connectivity index (χ2n) is 4.46. The molecule has 1 unspecified atom stereocenters. The molecular weight excluding hydrogens is 313 g/mol. The van der Waals surface area contributed by atoms with E-state index >= 15 is 0 Å². The first-order valence-corrected chi connectivity index (χ1v) is 8.15. The Hall–Kier alpha value is -1.10. The Balaban J connectivity index is 2.22. The maximum Gasteiger partial charge on any atom is 0.125 e. The average Bonchev–Trinajstić information content (AvgIpc) is 3.08. The highest BCUT2D eigenvalue weighted by Gasteiger charge is 2.21. The first-order chi connectivity index (χ1) is 9.74. The molecule has 2 aromatic heterocycles. The van der Waals surface area contributed by atoms with Gasteiger partial charge in [0, 0.05) is 16.6 Å². The van der Waals surface area contributed by atoms with Crippen molar-refractivity contribution in [3.8, 4) is 0 Å². The van der Waals surface area contributed by atoms with Crippen LogP contribution >= 0.6 is 34.5 Å². The second kappa shape index (κ2) is 5.72. The number of fused-ring (bicyclic) bond motifs is 1. The van der Waals surface area contributed by atoms with Gasteiger partial charge in [0.2, 0.25) is 0 Å². The van der Waals surface area contributed by atoms with Crippen LogP contribution in [0.25, 0.3) is 11.0 Å². The number of thiazole rings is 1. The molecule has 0 N–H and O–H groups in total. The molecule has 3 aromatic rings. The Morgan fingerprint density at radius 1 is 1.40 bits per heavy atom. The summed E-state index contributed by atoms with van der Waals surface area (Å²) in [7, 11) is 0. The number of hydrogen-bond donors (Lipinski definition) is 0. The highest BCUT2D eigenvalue weighted by atomic mass is 35.5. The zero-order chi connectivity index (χ0) is 14.1. The lowest BCUT2D eigenvalue weighted by Crippen LogP contribution is -2.12. The molecular formula is C14H13Cl2N3S. The first kappa shape index (κ1) is 13.9. The number of rotatable bonds is 4. The molecule has 104 valence electrons. The molecule has 0 amide bonds. The lowest BCUT2D eigenvalue weighted by Gasteiger charge is -2.17. The van der Waals surface area contributed by atoms with Gasteiger partial charge in [-0.05, 0) is 24.6 Å². The van der Waals surface area contributed by atoms with Crippen LogP contribution in [-0.2, 0) is 5.88 Å². The minimum absolute atomic E-state index is 0.162. The molecule has 0 spiro atoms. The molecule has 3 nitrogen and oxygen atoms in total. The average molecular weight is 326 g/mol. The molecule has 2 heterocycles. The Bertz CT molecular complexity index is 721. The van der Waals surface area contributed by atoms with E-state index in [1.165, 1.54) is 0 Å². The van der Waals surface area contributed by atoms with E-state index in [0.717, 1.165) is 28.3 Å². The van der Waals surface area contributed by atoms with E-state index in [4.69, 9.17) is 23.2 Å². The largest absolute Gasteiger partial charge is 0.317 e. The number of imidazole rings is 1.